The van der Waals surface area contributed by atoms with E-state index in [9.17, 15) is 0 Å². The lowest BCUT2D eigenvalue weighted by Crippen LogP contribution is -2.53. The van der Waals surface area contributed by atoms with E-state index in [1.54, 1.807) is 0 Å². The van der Waals surface area contributed by atoms with E-state index in [4.69, 9.17) is 4.74 Å². The molecule has 1 aliphatic heterocycles. The topological polar surface area (TPSA) is 12.5 Å². The molecular formula is C13H27NO. The molecule has 1 heterocycles. The summed E-state index contributed by atoms with van der Waals surface area (Å²) in [6.45, 7) is 10.2. The van der Waals surface area contributed by atoms with Gasteiger partial charge in [0.15, 0.2) is 0 Å². The molecule has 0 radical (unpaired) electrons. The lowest BCUT2D eigenvalue weighted by molar-refractivity contribution is -0.00932. The molecule has 2 heteroatoms. The van der Waals surface area contributed by atoms with E-state index in [0.717, 1.165) is 18.6 Å². The van der Waals surface area contributed by atoms with Gasteiger partial charge in [-0.3, -0.25) is 4.90 Å². The van der Waals surface area contributed by atoms with Gasteiger partial charge in [-0.15, -0.1) is 0 Å². The summed E-state index contributed by atoms with van der Waals surface area (Å²) in [7, 11) is 1.82. The number of rotatable bonds is 4. The van der Waals surface area contributed by atoms with Gasteiger partial charge in [-0.1, -0.05) is 20.3 Å². The molecule has 1 rings (SSSR count). The molecule has 2 nitrogen and oxygen atoms in total. The predicted octanol–water partition coefficient (Wildman–Crippen LogP) is 2.92. The Bertz CT molecular complexity index is 177. The molecule has 0 aromatic heterocycles. The highest BCUT2D eigenvalue weighted by molar-refractivity contribution is 4.88. The Kier molecular flexibility index (Phi) is 5.07. The molecule has 1 saturated heterocycles. The van der Waals surface area contributed by atoms with E-state index in [2.05, 4.69) is 32.6 Å². The Labute approximate surface area is 95.0 Å². The summed E-state index contributed by atoms with van der Waals surface area (Å²) < 4.78 is 5.35. The van der Waals surface area contributed by atoms with Crippen molar-refractivity contribution in [1.29, 1.82) is 0 Å². The van der Waals surface area contributed by atoms with Crippen LogP contribution in [-0.4, -0.2) is 36.7 Å². The summed E-state index contributed by atoms with van der Waals surface area (Å²) in [5.41, 5.74) is 0. The minimum absolute atomic E-state index is 0.635. The molecule has 0 amide bonds. The highest BCUT2D eigenvalue weighted by Gasteiger charge is 2.33. The maximum absolute atomic E-state index is 5.35. The fourth-order valence-corrected chi connectivity index (χ4v) is 2.98. The van der Waals surface area contributed by atoms with Crippen molar-refractivity contribution in [2.75, 3.05) is 13.7 Å². The van der Waals surface area contributed by atoms with Crippen LogP contribution < -0.4 is 0 Å². The normalized spacial score (nSPS) is 29.0. The fraction of sp³-hybridized carbons (Fsp3) is 1.00. The van der Waals surface area contributed by atoms with Gasteiger partial charge in [0, 0.05) is 25.2 Å². The summed E-state index contributed by atoms with van der Waals surface area (Å²) in [6, 6.07) is 2.02. The minimum atomic E-state index is 0.635. The minimum Gasteiger partial charge on any atom is -0.383 e. The number of likely N-dealkylation sites (tertiary alicyclic amines) is 1. The Balaban J connectivity index is 2.71. The van der Waals surface area contributed by atoms with Crippen molar-refractivity contribution in [3.8, 4) is 0 Å². The Morgan fingerprint density at radius 3 is 2.33 bits per heavy atom. The second-order valence-electron chi connectivity index (χ2n) is 5.39. The first kappa shape index (κ1) is 13.0. The van der Waals surface area contributed by atoms with Gasteiger partial charge in [-0.2, -0.15) is 0 Å². The van der Waals surface area contributed by atoms with Crippen molar-refractivity contribution >= 4 is 0 Å². The van der Waals surface area contributed by atoms with Crippen LogP contribution in [0.25, 0.3) is 0 Å². The third-order valence-corrected chi connectivity index (χ3v) is 3.57. The van der Waals surface area contributed by atoms with Gasteiger partial charge in [0.25, 0.3) is 0 Å². The third kappa shape index (κ3) is 3.18. The Morgan fingerprint density at radius 2 is 1.87 bits per heavy atom. The van der Waals surface area contributed by atoms with Crippen molar-refractivity contribution in [2.45, 2.75) is 65.1 Å². The van der Waals surface area contributed by atoms with Gasteiger partial charge in [-0.05, 0) is 32.6 Å². The average Bonchev–Trinajstić information content (AvgIpc) is 2.17. The van der Waals surface area contributed by atoms with Gasteiger partial charge < -0.3 is 4.74 Å². The van der Waals surface area contributed by atoms with E-state index < -0.39 is 0 Å². The molecule has 1 fully saturated rings. The van der Waals surface area contributed by atoms with E-state index in [1.165, 1.54) is 19.3 Å². The van der Waals surface area contributed by atoms with E-state index in [0.29, 0.717) is 12.1 Å². The summed E-state index contributed by atoms with van der Waals surface area (Å²) in [4.78, 5) is 2.68. The van der Waals surface area contributed by atoms with E-state index in [-0.39, 0.29) is 0 Å². The Morgan fingerprint density at radius 1 is 1.20 bits per heavy atom. The number of hydrogen-bond donors (Lipinski definition) is 0. The van der Waals surface area contributed by atoms with Crippen molar-refractivity contribution in [3.63, 3.8) is 0 Å². The van der Waals surface area contributed by atoms with Gasteiger partial charge in [0.1, 0.15) is 0 Å². The van der Waals surface area contributed by atoms with Crippen molar-refractivity contribution in [2.24, 2.45) is 5.92 Å². The first-order valence-corrected chi connectivity index (χ1v) is 6.34. The SMILES string of the molecule is COCC1CCCC(C(C)C)N1C(C)C. The molecule has 1 aliphatic rings. The quantitative estimate of drug-likeness (QED) is 0.712. The molecule has 90 valence electrons. The van der Waals surface area contributed by atoms with Crippen LogP contribution >= 0.6 is 0 Å². The van der Waals surface area contributed by atoms with Crippen molar-refractivity contribution < 1.29 is 4.74 Å². The lowest BCUT2D eigenvalue weighted by atomic mass is 9.88. The summed E-state index contributed by atoms with van der Waals surface area (Å²) in [5, 5.41) is 0. The molecule has 0 spiro atoms. The molecule has 2 unspecified atom stereocenters. The Hall–Kier alpha value is -0.0800. The molecule has 0 aromatic rings. The summed E-state index contributed by atoms with van der Waals surface area (Å²) >= 11 is 0. The highest BCUT2D eigenvalue weighted by atomic mass is 16.5. The van der Waals surface area contributed by atoms with Crippen molar-refractivity contribution in [3.05, 3.63) is 0 Å². The van der Waals surface area contributed by atoms with E-state index in [1.807, 2.05) is 7.11 Å². The molecule has 2 atom stereocenters. The number of hydrogen-bond acceptors (Lipinski definition) is 2. The number of ether oxygens (including phenoxy) is 1. The fourth-order valence-electron chi connectivity index (χ4n) is 2.98. The molecule has 0 aromatic carbocycles. The molecule has 0 N–H and O–H groups in total. The first-order chi connectivity index (χ1) is 7.07. The third-order valence-electron chi connectivity index (χ3n) is 3.57. The first-order valence-electron chi connectivity index (χ1n) is 6.34. The zero-order valence-corrected chi connectivity index (χ0v) is 11.0. The van der Waals surface area contributed by atoms with Crippen LogP contribution in [0.5, 0.6) is 0 Å². The molecule has 0 aliphatic carbocycles. The number of nitrogens with zero attached hydrogens (tertiary/aromatic N) is 1. The van der Waals surface area contributed by atoms with Crippen LogP contribution in [0.2, 0.25) is 0 Å². The van der Waals surface area contributed by atoms with Crippen LogP contribution in [-0.2, 0) is 4.74 Å². The summed E-state index contributed by atoms with van der Waals surface area (Å²) in [6.07, 6.45) is 4.02. The van der Waals surface area contributed by atoms with Gasteiger partial charge >= 0.3 is 0 Å². The van der Waals surface area contributed by atoms with Crippen LogP contribution in [0.15, 0.2) is 0 Å². The highest BCUT2D eigenvalue weighted by Crippen LogP contribution is 2.29. The largest absolute Gasteiger partial charge is 0.383 e. The zero-order chi connectivity index (χ0) is 11.4. The van der Waals surface area contributed by atoms with E-state index >= 15 is 0 Å². The maximum Gasteiger partial charge on any atom is 0.0618 e. The smallest absolute Gasteiger partial charge is 0.0618 e. The molecule has 0 bridgehead atoms. The number of methoxy groups -OCH3 is 1. The average molecular weight is 213 g/mol. The molecular weight excluding hydrogens is 186 g/mol. The molecule has 15 heavy (non-hydrogen) atoms. The monoisotopic (exact) mass is 213 g/mol. The summed E-state index contributed by atoms with van der Waals surface area (Å²) in [5.74, 6) is 0.757. The molecule has 0 saturated carbocycles. The van der Waals surface area contributed by atoms with Gasteiger partial charge in [0.05, 0.1) is 6.61 Å². The van der Waals surface area contributed by atoms with Gasteiger partial charge in [0.2, 0.25) is 0 Å². The second kappa shape index (κ2) is 5.86. The standard InChI is InChI=1S/C13H27NO/c1-10(2)13-8-6-7-12(9-15-5)14(13)11(3)4/h10-13H,6-9H2,1-5H3. The van der Waals surface area contributed by atoms with Crippen LogP contribution in [0.4, 0.5) is 0 Å². The predicted molar refractivity (Wildman–Crippen MR) is 65.1 cm³/mol. The van der Waals surface area contributed by atoms with Crippen molar-refractivity contribution in [1.82, 2.24) is 4.90 Å². The van der Waals surface area contributed by atoms with Crippen LogP contribution in [0.1, 0.15) is 47.0 Å². The second-order valence-corrected chi connectivity index (χ2v) is 5.39. The number of piperidine rings is 1. The zero-order valence-electron chi connectivity index (χ0n) is 11.0. The lowest BCUT2D eigenvalue weighted by Gasteiger charge is -2.46. The van der Waals surface area contributed by atoms with Crippen LogP contribution in [0.3, 0.4) is 0 Å². The van der Waals surface area contributed by atoms with Crippen LogP contribution in [0, 0.1) is 5.92 Å². The van der Waals surface area contributed by atoms with Gasteiger partial charge in [-0.25, -0.2) is 0 Å². The maximum atomic E-state index is 5.35.